The van der Waals surface area contributed by atoms with Crippen LogP contribution in [-0.2, 0) is 0 Å². The van der Waals surface area contributed by atoms with Crippen LogP contribution in [0.2, 0.25) is 5.02 Å². The molecule has 5 heteroatoms. The average molecular weight is 281 g/mol. The average Bonchev–Trinajstić information content (AvgIpc) is 2.75. The Hall–Kier alpha value is -1.52. The van der Waals surface area contributed by atoms with E-state index in [1.165, 1.54) is 5.56 Å². The lowest BCUT2D eigenvalue weighted by Crippen LogP contribution is -1.91. The lowest BCUT2D eigenvalue weighted by molar-refractivity contribution is 0.415. The number of anilines is 1. The maximum atomic E-state index is 6.02. The maximum Gasteiger partial charge on any atom is 0.137 e. The summed E-state index contributed by atoms with van der Waals surface area (Å²) in [5, 5.41) is 6.78. The zero-order valence-electron chi connectivity index (χ0n) is 10.1. The number of hydrogen-bond acceptors (Lipinski definition) is 4. The minimum absolute atomic E-state index is 0.560. The van der Waals surface area contributed by atoms with Gasteiger partial charge in [0.15, 0.2) is 0 Å². The molecule has 3 nitrogen and oxygen atoms in total. The normalized spacial score (nSPS) is 10.8. The molecular weight excluding hydrogens is 268 g/mol. The highest BCUT2D eigenvalue weighted by Gasteiger charge is 2.00. The quantitative estimate of drug-likeness (QED) is 0.674. The van der Waals surface area contributed by atoms with E-state index in [0.717, 1.165) is 10.6 Å². The summed E-state index contributed by atoms with van der Waals surface area (Å²) >= 11 is 7.68. The van der Waals surface area contributed by atoms with Crippen molar-refractivity contribution in [3.63, 3.8) is 0 Å². The summed E-state index contributed by atoms with van der Waals surface area (Å²) in [5.74, 6) is 0.653. The molecule has 0 aliphatic carbocycles. The van der Waals surface area contributed by atoms with E-state index < -0.39 is 0 Å². The number of ether oxygens (including phenoxy) is 1. The Bertz CT molecular complexity index is 566. The zero-order chi connectivity index (χ0) is 13.0. The van der Waals surface area contributed by atoms with Crippen LogP contribution in [0, 0.1) is 6.92 Å². The van der Waals surface area contributed by atoms with E-state index in [1.54, 1.807) is 36.8 Å². The van der Waals surface area contributed by atoms with Crippen LogP contribution in [0.25, 0.3) is 0 Å². The Kier molecular flexibility index (Phi) is 4.23. The van der Waals surface area contributed by atoms with Crippen LogP contribution in [0.4, 0.5) is 5.69 Å². The number of rotatable bonds is 4. The summed E-state index contributed by atoms with van der Waals surface area (Å²) in [6.45, 7) is 2.06. The van der Waals surface area contributed by atoms with E-state index >= 15 is 0 Å². The lowest BCUT2D eigenvalue weighted by Gasteiger charge is -2.05. The molecular formula is C13H13ClN2OS. The first-order valence-electron chi connectivity index (χ1n) is 5.37. The predicted octanol–water partition coefficient (Wildman–Crippen LogP) is 4.16. The molecule has 1 aromatic carbocycles. The molecule has 0 atom stereocenters. The fourth-order valence-corrected chi connectivity index (χ4v) is 2.46. The summed E-state index contributed by atoms with van der Waals surface area (Å²) in [7, 11) is 1.59. The lowest BCUT2D eigenvalue weighted by atomic mass is 10.3. The van der Waals surface area contributed by atoms with Crippen molar-refractivity contribution in [3.8, 4) is 5.75 Å². The van der Waals surface area contributed by atoms with Crippen molar-refractivity contribution in [2.45, 2.75) is 6.92 Å². The number of methoxy groups -OCH3 is 1. The highest BCUT2D eigenvalue weighted by molar-refractivity contribution is 7.11. The molecule has 0 unspecified atom stereocenters. The monoisotopic (exact) mass is 280 g/mol. The van der Waals surface area contributed by atoms with Gasteiger partial charge in [0, 0.05) is 4.88 Å². The molecule has 0 aliphatic rings. The third-order valence-corrected chi connectivity index (χ3v) is 3.68. The number of nitrogens with zero attached hydrogens (tertiary/aromatic N) is 1. The number of benzene rings is 1. The van der Waals surface area contributed by atoms with Crippen molar-refractivity contribution >= 4 is 34.8 Å². The van der Waals surface area contributed by atoms with E-state index in [4.69, 9.17) is 16.3 Å². The van der Waals surface area contributed by atoms with Gasteiger partial charge in [-0.2, -0.15) is 5.10 Å². The SMILES string of the molecule is COc1ccc(N/N=C/c2sccc2C)cc1Cl. The Morgan fingerprint density at radius 3 is 2.83 bits per heavy atom. The van der Waals surface area contributed by atoms with Crippen molar-refractivity contribution in [1.29, 1.82) is 0 Å². The van der Waals surface area contributed by atoms with E-state index in [1.807, 2.05) is 11.4 Å². The second kappa shape index (κ2) is 5.89. The molecule has 0 amide bonds. The number of hydrogen-bond donors (Lipinski definition) is 1. The fourth-order valence-electron chi connectivity index (χ4n) is 1.42. The molecule has 0 bridgehead atoms. The Morgan fingerprint density at radius 1 is 1.39 bits per heavy atom. The number of aryl methyl sites for hydroxylation is 1. The van der Waals surface area contributed by atoms with E-state index in [0.29, 0.717) is 10.8 Å². The molecule has 1 heterocycles. The smallest absolute Gasteiger partial charge is 0.137 e. The van der Waals surface area contributed by atoms with Gasteiger partial charge in [0.05, 0.1) is 24.0 Å². The maximum absolute atomic E-state index is 6.02. The summed E-state index contributed by atoms with van der Waals surface area (Å²) in [4.78, 5) is 1.14. The first-order chi connectivity index (χ1) is 8.70. The van der Waals surface area contributed by atoms with Gasteiger partial charge in [0.25, 0.3) is 0 Å². The first-order valence-corrected chi connectivity index (χ1v) is 6.63. The number of hydrazone groups is 1. The van der Waals surface area contributed by atoms with Gasteiger partial charge < -0.3 is 4.74 Å². The molecule has 0 saturated heterocycles. The van der Waals surface area contributed by atoms with Gasteiger partial charge in [-0.25, -0.2) is 0 Å². The summed E-state index contributed by atoms with van der Waals surface area (Å²) in [5.41, 5.74) is 4.98. The minimum atomic E-state index is 0.560. The molecule has 1 N–H and O–H groups in total. The van der Waals surface area contributed by atoms with Crippen LogP contribution in [0.3, 0.4) is 0 Å². The molecule has 2 rings (SSSR count). The van der Waals surface area contributed by atoms with Crippen LogP contribution >= 0.6 is 22.9 Å². The van der Waals surface area contributed by atoms with Gasteiger partial charge in [0.1, 0.15) is 5.75 Å². The van der Waals surface area contributed by atoms with Gasteiger partial charge in [-0.1, -0.05) is 11.6 Å². The van der Waals surface area contributed by atoms with Gasteiger partial charge in [-0.05, 0) is 42.1 Å². The molecule has 94 valence electrons. The van der Waals surface area contributed by atoms with Crippen LogP contribution in [0.5, 0.6) is 5.75 Å². The molecule has 0 spiro atoms. The van der Waals surface area contributed by atoms with Crippen molar-refractivity contribution < 1.29 is 4.74 Å². The van der Waals surface area contributed by atoms with E-state index in [-0.39, 0.29) is 0 Å². The molecule has 0 radical (unpaired) electrons. The zero-order valence-corrected chi connectivity index (χ0v) is 11.7. The van der Waals surface area contributed by atoms with Gasteiger partial charge in [0.2, 0.25) is 0 Å². The Balaban J connectivity index is 2.04. The predicted molar refractivity (Wildman–Crippen MR) is 78.3 cm³/mol. The van der Waals surface area contributed by atoms with Crippen LogP contribution < -0.4 is 10.2 Å². The second-order valence-corrected chi connectivity index (χ2v) is 5.04. The van der Waals surface area contributed by atoms with E-state index in [2.05, 4.69) is 23.5 Å². The number of halogens is 1. The summed E-state index contributed by atoms with van der Waals surface area (Å²) < 4.78 is 5.08. The van der Waals surface area contributed by atoms with E-state index in [9.17, 15) is 0 Å². The highest BCUT2D eigenvalue weighted by Crippen LogP contribution is 2.27. The second-order valence-electron chi connectivity index (χ2n) is 3.69. The van der Waals surface area contributed by atoms with Crippen LogP contribution in [0.1, 0.15) is 10.4 Å². The van der Waals surface area contributed by atoms with Crippen molar-refractivity contribution in [1.82, 2.24) is 0 Å². The largest absolute Gasteiger partial charge is 0.495 e. The molecule has 0 aliphatic heterocycles. The first kappa shape index (κ1) is 12.9. The molecule has 18 heavy (non-hydrogen) atoms. The van der Waals surface area contributed by atoms with Crippen molar-refractivity contribution in [2.75, 3.05) is 12.5 Å². The van der Waals surface area contributed by atoms with Crippen LogP contribution in [-0.4, -0.2) is 13.3 Å². The third kappa shape index (κ3) is 3.03. The third-order valence-electron chi connectivity index (χ3n) is 2.43. The summed E-state index contributed by atoms with van der Waals surface area (Å²) in [6.07, 6.45) is 1.80. The molecule has 0 fully saturated rings. The fraction of sp³-hybridized carbons (Fsp3) is 0.154. The van der Waals surface area contributed by atoms with Crippen LogP contribution in [0.15, 0.2) is 34.7 Å². The standard InChI is InChI=1S/C13H13ClN2OS/c1-9-5-6-18-13(9)8-15-16-10-3-4-12(17-2)11(14)7-10/h3-8,16H,1-2H3/b15-8+. The number of thiophene rings is 1. The van der Waals surface area contributed by atoms with Crippen molar-refractivity contribution in [3.05, 3.63) is 45.1 Å². The highest BCUT2D eigenvalue weighted by atomic mass is 35.5. The molecule has 1 aromatic heterocycles. The topological polar surface area (TPSA) is 33.6 Å². The van der Waals surface area contributed by atoms with Gasteiger partial charge in [-0.3, -0.25) is 5.43 Å². The summed E-state index contributed by atoms with van der Waals surface area (Å²) in [6, 6.07) is 7.51. The molecule has 2 aromatic rings. The van der Waals surface area contributed by atoms with Gasteiger partial charge >= 0.3 is 0 Å². The number of nitrogens with one attached hydrogen (secondary N) is 1. The minimum Gasteiger partial charge on any atom is -0.495 e. The van der Waals surface area contributed by atoms with Gasteiger partial charge in [-0.15, -0.1) is 11.3 Å². The Labute approximate surface area is 115 Å². The Morgan fingerprint density at radius 2 is 2.22 bits per heavy atom. The molecule has 0 saturated carbocycles. The van der Waals surface area contributed by atoms with Crippen molar-refractivity contribution in [2.24, 2.45) is 5.10 Å².